The maximum atomic E-state index is 9.78. The number of ether oxygens (including phenoxy) is 3. The summed E-state index contributed by atoms with van der Waals surface area (Å²) in [4.78, 5) is 0. The van der Waals surface area contributed by atoms with Crippen molar-refractivity contribution >= 4 is 0 Å². The van der Waals surface area contributed by atoms with E-state index in [0.717, 1.165) is 0 Å². The molecule has 2 rings (SSSR count). The van der Waals surface area contributed by atoms with Crippen molar-refractivity contribution in [2.24, 2.45) is 0 Å². The van der Waals surface area contributed by atoms with Gasteiger partial charge in [0.15, 0.2) is 6.29 Å². The van der Waals surface area contributed by atoms with E-state index in [2.05, 4.69) is 0 Å². The van der Waals surface area contributed by atoms with Crippen molar-refractivity contribution in [2.45, 2.75) is 54.8 Å². The first-order valence-electron chi connectivity index (χ1n) is 7.04. The van der Waals surface area contributed by atoms with Crippen LogP contribution in [0.25, 0.3) is 0 Å². The third-order valence-electron chi connectivity index (χ3n) is 4.02. The molecule has 0 aromatic rings. The van der Waals surface area contributed by atoms with Gasteiger partial charge in [-0.15, -0.1) is 0 Å². The quantitative estimate of drug-likeness (QED) is 0.238. The summed E-state index contributed by atoms with van der Waals surface area (Å²) < 4.78 is 15.2. The molecule has 2 saturated heterocycles. The van der Waals surface area contributed by atoms with Gasteiger partial charge in [-0.05, 0) is 0 Å². The van der Waals surface area contributed by atoms with E-state index in [1.165, 1.54) is 0 Å². The van der Waals surface area contributed by atoms with Gasteiger partial charge in [0.05, 0.1) is 19.8 Å². The zero-order chi connectivity index (χ0) is 17.4. The largest absolute Gasteiger partial charge is 0.394 e. The second-order valence-corrected chi connectivity index (χ2v) is 5.63. The monoisotopic (exact) mass is 342 g/mol. The average molecular weight is 342 g/mol. The minimum Gasteiger partial charge on any atom is -0.394 e. The second-order valence-electron chi connectivity index (χ2n) is 5.63. The lowest BCUT2D eigenvalue weighted by Crippen LogP contribution is -2.59. The molecule has 2 aliphatic heterocycles. The second kappa shape index (κ2) is 7.21. The van der Waals surface area contributed by atoms with Crippen molar-refractivity contribution in [3.05, 3.63) is 0 Å². The number of aliphatic hydroxyl groups excluding tert-OH is 7. The summed E-state index contributed by atoms with van der Waals surface area (Å²) in [6.45, 7) is -2.05. The van der Waals surface area contributed by atoms with Crippen molar-refractivity contribution < 1.29 is 55.1 Å². The standard InChI is InChI=1S/C12H22O11/c13-1-4-6(15)8(17)9(18)11(22-4)21-2-5-7(16)10(19)12(20,3-14)23-5/h4-11,13-20H,1-3H2/t4-,5-,6+,7+,8-,9+,10-,11-,12-/m0/s1. The molecule has 0 saturated carbocycles. The number of aliphatic hydroxyl groups is 8. The summed E-state index contributed by atoms with van der Waals surface area (Å²) in [7, 11) is 0. The molecule has 0 unspecified atom stereocenters. The normalized spacial score (nSPS) is 51.1. The predicted molar refractivity (Wildman–Crippen MR) is 68.6 cm³/mol. The molecule has 2 fully saturated rings. The van der Waals surface area contributed by atoms with E-state index in [1.807, 2.05) is 0 Å². The Morgan fingerprint density at radius 3 is 2.04 bits per heavy atom. The molecular weight excluding hydrogens is 320 g/mol. The fourth-order valence-electron chi connectivity index (χ4n) is 2.53. The molecular formula is C12H22O11. The minimum absolute atomic E-state index is 0.469. The zero-order valence-corrected chi connectivity index (χ0v) is 12.0. The van der Waals surface area contributed by atoms with Gasteiger partial charge in [0, 0.05) is 0 Å². The van der Waals surface area contributed by atoms with Gasteiger partial charge >= 0.3 is 0 Å². The number of rotatable bonds is 5. The first kappa shape index (κ1) is 18.9. The van der Waals surface area contributed by atoms with Crippen LogP contribution >= 0.6 is 0 Å². The van der Waals surface area contributed by atoms with Crippen LogP contribution in [0.2, 0.25) is 0 Å². The molecule has 23 heavy (non-hydrogen) atoms. The molecule has 0 bridgehead atoms. The Bertz CT molecular complexity index is 393. The van der Waals surface area contributed by atoms with E-state index in [1.54, 1.807) is 0 Å². The highest BCUT2D eigenvalue weighted by atomic mass is 16.7. The van der Waals surface area contributed by atoms with E-state index in [0.29, 0.717) is 0 Å². The van der Waals surface area contributed by atoms with Crippen molar-refractivity contribution in [1.82, 2.24) is 0 Å². The molecule has 0 aromatic carbocycles. The third kappa shape index (κ3) is 3.50. The lowest BCUT2D eigenvalue weighted by atomic mass is 9.99. The molecule has 0 radical (unpaired) electrons. The Morgan fingerprint density at radius 2 is 1.52 bits per heavy atom. The van der Waals surface area contributed by atoms with E-state index in [-0.39, 0.29) is 0 Å². The summed E-state index contributed by atoms with van der Waals surface area (Å²) in [6.07, 6.45) is -12.0. The molecule has 0 spiro atoms. The first-order chi connectivity index (χ1) is 10.7. The summed E-state index contributed by atoms with van der Waals surface area (Å²) in [5.41, 5.74) is 0. The Labute approximate surface area is 130 Å². The van der Waals surface area contributed by atoms with Crippen molar-refractivity contribution in [3.8, 4) is 0 Å². The highest BCUT2D eigenvalue weighted by Gasteiger charge is 2.53. The fourth-order valence-corrected chi connectivity index (χ4v) is 2.53. The topological polar surface area (TPSA) is 190 Å². The molecule has 0 amide bonds. The van der Waals surface area contributed by atoms with Crippen LogP contribution < -0.4 is 0 Å². The van der Waals surface area contributed by atoms with Gasteiger partial charge < -0.3 is 55.1 Å². The van der Waals surface area contributed by atoms with E-state index >= 15 is 0 Å². The maximum Gasteiger partial charge on any atom is 0.219 e. The van der Waals surface area contributed by atoms with Crippen LogP contribution in [0.4, 0.5) is 0 Å². The van der Waals surface area contributed by atoms with Gasteiger partial charge in [-0.1, -0.05) is 0 Å². The summed E-state index contributed by atoms with van der Waals surface area (Å²) >= 11 is 0. The van der Waals surface area contributed by atoms with Gasteiger partial charge in [-0.25, -0.2) is 0 Å². The van der Waals surface area contributed by atoms with Crippen LogP contribution in [0, 0.1) is 0 Å². The predicted octanol–water partition coefficient (Wildman–Crippen LogP) is -5.40. The molecule has 11 nitrogen and oxygen atoms in total. The highest BCUT2D eigenvalue weighted by Crippen LogP contribution is 2.30. The Hall–Kier alpha value is -0.440. The van der Waals surface area contributed by atoms with Crippen molar-refractivity contribution in [1.29, 1.82) is 0 Å². The lowest BCUT2D eigenvalue weighted by Gasteiger charge is -2.39. The summed E-state index contributed by atoms with van der Waals surface area (Å²) in [6, 6.07) is 0. The fraction of sp³-hybridized carbons (Fsp3) is 1.00. The third-order valence-corrected chi connectivity index (χ3v) is 4.02. The molecule has 0 aliphatic carbocycles. The van der Waals surface area contributed by atoms with E-state index < -0.39 is 74.6 Å². The lowest BCUT2D eigenvalue weighted by molar-refractivity contribution is -0.310. The highest BCUT2D eigenvalue weighted by molar-refractivity contribution is 4.95. The molecule has 0 aromatic heterocycles. The smallest absolute Gasteiger partial charge is 0.219 e. The molecule has 9 atom stereocenters. The maximum absolute atomic E-state index is 9.78. The molecule has 2 heterocycles. The van der Waals surface area contributed by atoms with Gasteiger partial charge in [0.1, 0.15) is 42.7 Å². The van der Waals surface area contributed by atoms with Crippen LogP contribution in [0.15, 0.2) is 0 Å². The minimum atomic E-state index is -2.34. The van der Waals surface area contributed by atoms with Crippen LogP contribution in [0.1, 0.15) is 0 Å². The Morgan fingerprint density at radius 1 is 0.870 bits per heavy atom. The molecule has 2 aliphatic rings. The molecule has 11 heteroatoms. The SMILES string of the molecule is OC[C@@H]1O[C@H](OC[C@@H]2O[C@@](O)(CO)[C@@H](O)[C@@H]2O)[C@H](O)[C@@H](O)[C@@H]1O. The first-order valence-corrected chi connectivity index (χ1v) is 7.04. The average Bonchev–Trinajstić information content (AvgIpc) is 2.77. The molecule has 136 valence electrons. The van der Waals surface area contributed by atoms with Crippen LogP contribution in [0.5, 0.6) is 0 Å². The summed E-state index contributed by atoms with van der Waals surface area (Å²) in [5.74, 6) is -2.34. The van der Waals surface area contributed by atoms with Crippen molar-refractivity contribution in [2.75, 3.05) is 19.8 Å². The van der Waals surface area contributed by atoms with Gasteiger partial charge in [-0.3, -0.25) is 0 Å². The number of hydrogen-bond donors (Lipinski definition) is 8. The van der Waals surface area contributed by atoms with E-state index in [4.69, 9.17) is 24.4 Å². The molecule has 8 N–H and O–H groups in total. The van der Waals surface area contributed by atoms with Crippen LogP contribution in [-0.2, 0) is 14.2 Å². The van der Waals surface area contributed by atoms with Gasteiger partial charge in [0.25, 0.3) is 0 Å². The Kier molecular flexibility index (Phi) is 5.92. The zero-order valence-electron chi connectivity index (χ0n) is 12.0. The summed E-state index contributed by atoms with van der Waals surface area (Å²) in [5, 5.41) is 76.1. The van der Waals surface area contributed by atoms with Crippen LogP contribution in [-0.4, -0.2) is 115 Å². The van der Waals surface area contributed by atoms with Crippen LogP contribution in [0.3, 0.4) is 0 Å². The van der Waals surface area contributed by atoms with Gasteiger partial charge in [-0.2, -0.15) is 0 Å². The van der Waals surface area contributed by atoms with Gasteiger partial charge in [0.2, 0.25) is 5.79 Å². The number of hydrogen-bond acceptors (Lipinski definition) is 11. The van der Waals surface area contributed by atoms with E-state index in [9.17, 15) is 30.6 Å². The Balaban J connectivity index is 1.95. The van der Waals surface area contributed by atoms with Crippen molar-refractivity contribution in [3.63, 3.8) is 0 Å².